The number of hydrogen-bond donors (Lipinski definition) is 4. The van der Waals surface area contributed by atoms with Crippen molar-refractivity contribution >= 4 is 63.6 Å². The van der Waals surface area contributed by atoms with Crippen LogP contribution in [-0.4, -0.2) is 87.3 Å². The molecule has 0 bridgehead atoms. The Morgan fingerprint density at radius 3 is 2.54 bits per heavy atom. The van der Waals surface area contributed by atoms with Gasteiger partial charge < -0.3 is 20.7 Å². The van der Waals surface area contributed by atoms with Crippen molar-refractivity contribution in [2.24, 2.45) is 0 Å². The molecule has 0 saturated carbocycles. The normalized spacial score (nSPS) is 15.0. The van der Waals surface area contributed by atoms with Crippen LogP contribution in [0.4, 0.5) is 11.4 Å². The molecule has 4 N–H and O–H groups in total. The number of rotatable bonds is 14. The number of anilines is 2. The highest BCUT2D eigenvalue weighted by Crippen LogP contribution is 2.34. The number of pyridine rings is 1. The Morgan fingerprint density at radius 2 is 1.75 bits per heavy atom. The fourth-order valence-electron chi connectivity index (χ4n) is 6.79. The van der Waals surface area contributed by atoms with E-state index in [9.17, 15) is 33.6 Å². The van der Waals surface area contributed by atoms with Crippen LogP contribution >= 0.6 is 0 Å². The average Bonchev–Trinajstić information content (AvgIpc) is 3.81. The van der Waals surface area contributed by atoms with E-state index < -0.39 is 42.2 Å². The van der Waals surface area contributed by atoms with E-state index in [0.29, 0.717) is 53.7 Å². The number of carbonyl (C=O) groups excluding carboxylic acids is 7. The molecule has 2 aromatic heterocycles. The van der Waals surface area contributed by atoms with Crippen LogP contribution in [-0.2, 0) is 14.4 Å². The Balaban J connectivity index is 0.886. The van der Waals surface area contributed by atoms with Crippen LogP contribution in [0.15, 0.2) is 85.2 Å². The molecular weight excluding hydrogens is 732 g/mol. The highest BCUT2D eigenvalue weighted by molar-refractivity contribution is 6.24. The molecule has 1 saturated heterocycles. The summed E-state index contributed by atoms with van der Waals surface area (Å²) in [6, 6.07) is 20.2. The van der Waals surface area contributed by atoms with Crippen molar-refractivity contribution in [3.8, 4) is 17.0 Å². The van der Waals surface area contributed by atoms with Gasteiger partial charge in [-0.15, -0.1) is 0 Å². The third-order valence-corrected chi connectivity index (χ3v) is 9.70. The van der Waals surface area contributed by atoms with Crippen molar-refractivity contribution < 1.29 is 38.3 Å². The number of carbonyl (C=O) groups is 7. The number of fused-ring (bicyclic) bond motifs is 2. The summed E-state index contributed by atoms with van der Waals surface area (Å²) in [5, 5.41) is 16.2. The summed E-state index contributed by atoms with van der Waals surface area (Å²) in [5.74, 6) is -3.46. The average molecular weight is 771 g/mol. The summed E-state index contributed by atoms with van der Waals surface area (Å²) in [6.45, 7) is -0.0836. The maximum absolute atomic E-state index is 13.2. The lowest BCUT2D eigenvalue weighted by atomic mass is 10.0. The van der Waals surface area contributed by atoms with Gasteiger partial charge in [0, 0.05) is 55.5 Å². The Hall–Kier alpha value is -7.23. The number of imide groups is 2. The molecule has 290 valence electrons. The number of nitrogens with one attached hydrogen (secondary N) is 4. The maximum Gasteiger partial charge on any atom is 0.266 e. The van der Waals surface area contributed by atoms with E-state index >= 15 is 0 Å². The first kappa shape index (κ1) is 38.1. The third kappa shape index (κ3) is 8.10. The zero-order valence-corrected chi connectivity index (χ0v) is 30.9. The smallest absolute Gasteiger partial charge is 0.266 e. The van der Waals surface area contributed by atoms with Crippen molar-refractivity contribution in [3.63, 3.8) is 0 Å². The molecule has 16 nitrogen and oxygen atoms in total. The van der Waals surface area contributed by atoms with Crippen LogP contribution in [0.1, 0.15) is 74.4 Å². The van der Waals surface area contributed by atoms with Crippen molar-refractivity contribution in [2.45, 2.75) is 44.6 Å². The molecule has 0 spiro atoms. The van der Waals surface area contributed by atoms with Gasteiger partial charge in [0.2, 0.25) is 17.7 Å². The third-order valence-electron chi connectivity index (χ3n) is 9.70. The van der Waals surface area contributed by atoms with Gasteiger partial charge in [-0.3, -0.25) is 48.8 Å². The van der Waals surface area contributed by atoms with Gasteiger partial charge in [0.05, 0.1) is 33.6 Å². The molecule has 16 heteroatoms. The van der Waals surface area contributed by atoms with E-state index in [1.165, 1.54) is 29.1 Å². The molecule has 2 aliphatic heterocycles. The molecule has 5 aromatic rings. The minimum Gasteiger partial charge on any atom is -0.483 e. The fraction of sp³-hybridized carbons (Fsp3) is 0.244. The molecular formula is C41H38N8O8. The second-order valence-corrected chi connectivity index (χ2v) is 13.5. The maximum atomic E-state index is 13.2. The number of piperidine rings is 1. The molecule has 2 aliphatic rings. The van der Waals surface area contributed by atoms with E-state index in [1.54, 1.807) is 19.3 Å². The van der Waals surface area contributed by atoms with Crippen molar-refractivity contribution in [2.75, 3.05) is 25.5 Å². The van der Waals surface area contributed by atoms with Crippen molar-refractivity contribution in [1.82, 2.24) is 35.6 Å². The zero-order chi connectivity index (χ0) is 40.1. The first-order chi connectivity index (χ1) is 27.6. The van der Waals surface area contributed by atoms with Gasteiger partial charge in [0.1, 0.15) is 11.8 Å². The molecule has 0 radical (unpaired) electrons. The summed E-state index contributed by atoms with van der Waals surface area (Å²) in [7, 11) is 1.56. The molecule has 57 heavy (non-hydrogen) atoms. The minimum absolute atomic E-state index is 0.0000684. The molecule has 1 unspecified atom stereocenters. The summed E-state index contributed by atoms with van der Waals surface area (Å²) < 4.78 is 6.94. The predicted molar refractivity (Wildman–Crippen MR) is 207 cm³/mol. The topological polar surface area (TPSA) is 211 Å². The standard InChI is InChI=1S/C41H38N8O8/c1-42-38(53)28-22-44-30-15-14-24(21-27(30)37(28)45-25-9-4-2-5-10-25)29-18-20-48(47-29)35(52)13-6-3-7-19-43-34(51)23-57-32-12-8-11-26-36(32)41(56)49(40(26)55)31-16-17-33(50)46-39(31)54/h2,4-5,8-12,14-15,18,20-22,31H,3,6-7,13,16-17,19,23H2,1H3,(H,42,53)(H,43,51)(H,44,45)(H,46,50,54). The van der Waals surface area contributed by atoms with Gasteiger partial charge >= 0.3 is 0 Å². The van der Waals surface area contributed by atoms with E-state index in [0.717, 1.165) is 16.2 Å². The number of benzene rings is 3. The minimum atomic E-state index is -1.11. The van der Waals surface area contributed by atoms with E-state index in [2.05, 4.69) is 31.3 Å². The summed E-state index contributed by atoms with van der Waals surface area (Å²) in [6.07, 6.45) is 5.23. The lowest BCUT2D eigenvalue weighted by Crippen LogP contribution is -2.54. The number of hydrogen-bond acceptors (Lipinski definition) is 11. The van der Waals surface area contributed by atoms with Gasteiger partial charge in [0.25, 0.3) is 23.6 Å². The Kier molecular flexibility index (Phi) is 11.1. The zero-order valence-electron chi connectivity index (χ0n) is 30.9. The number of ether oxygens (including phenoxy) is 1. The van der Waals surface area contributed by atoms with Crippen molar-refractivity contribution in [3.05, 3.63) is 102 Å². The monoisotopic (exact) mass is 770 g/mol. The van der Waals surface area contributed by atoms with E-state index in [1.807, 2.05) is 48.5 Å². The van der Waals surface area contributed by atoms with Crippen LogP contribution in [0.2, 0.25) is 0 Å². The van der Waals surface area contributed by atoms with Gasteiger partial charge in [0.15, 0.2) is 6.61 Å². The van der Waals surface area contributed by atoms with Gasteiger partial charge in [-0.1, -0.05) is 36.8 Å². The predicted octanol–water partition coefficient (Wildman–Crippen LogP) is 4.00. The number of unbranched alkanes of at least 4 members (excludes halogenated alkanes) is 2. The largest absolute Gasteiger partial charge is 0.483 e. The van der Waals surface area contributed by atoms with Crippen LogP contribution in [0, 0.1) is 0 Å². The second-order valence-electron chi connectivity index (χ2n) is 13.5. The summed E-state index contributed by atoms with van der Waals surface area (Å²) in [5.41, 5.74) is 3.80. The van der Waals surface area contributed by atoms with E-state index in [-0.39, 0.29) is 48.0 Å². The summed E-state index contributed by atoms with van der Waals surface area (Å²) in [4.78, 5) is 93.8. The van der Waals surface area contributed by atoms with Gasteiger partial charge in [-0.05, 0) is 61.7 Å². The van der Waals surface area contributed by atoms with Crippen LogP contribution in [0.5, 0.6) is 5.75 Å². The lowest BCUT2D eigenvalue weighted by Gasteiger charge is -2.27. The molecule has 1 fully saturated rings. The molecule has 6 amide bonds. The van der Waals surface area contributed by atoms with Crippen LogP contribution < -0.4 is 26.0 Å². The Bertz CT molecular complexity index is 2430. The lowest BCUT2D eigenvalue weighted by molar-refractivity contribution is -0.136. The molecule has 7 rings (SSSR count). The molecule has 3 aromatic carbocycles. The van der Waals surface area contributed by atoms with Crippen LogP contribution in [0.25, 0.3) is 22.2 Å². The molecule has 4 heterocycles. The van der Waals surface area contributed by atoms with Gasteiger partial charge in [-0.25, -0.2) is 4.68 Å². The number of para-hydroxylation sites is 1. The Morgan fingerprint density at radius 1 is 0.930 bits per heavy atom. The van der Waals surface area contributed by atoms with Crippen LogP contribution in [0.3, 0.4) is 0 Å². The van der Waals surface area contributed by atoms with E-state index in [4.69, 9.17) is 4.74 Å². The SMILES string of the molecule is CNC(=O)c1cnc2ccc(-c3ccn(C(=O)CCCCCNC(=O)COc4cccc5c4C(=O)N(C4CCC(=O)NC4=O)C5=O)n3)cc2c1Nc1ccccc1. The highest BCUT2D eigenvalue weighted by atomic mass is 16.5. The second kappa shape index (κ2) is 16.6. The van der Waals surface area contributed by atoms with Gasteiger partial charge in [-0.2, -0.15) is 5.10 Å². The number of nitrogens with zero attached hydrogens (tertiary/aromatic N) is 4. The first-order valence-electron chi connectivity index (χ1n) is 18.4. The molecule has 0 aliphatic carbocycles. The number of amides is 6. The first-order valence-corrected chi connectivity index (χ1v) is 18.4. The Labute approximate surface area is 326 Å². The van der Waals surface area contributed by atoms with Crippen molar-refractivity contribution in [1.29, 1.82) is 0 Å². The quantitative estimate of drug-likeness (QED) is 0.0937. The number of aromatic nitrogens is 3. The molecule has 1 atom stereocenters. The highest BCUT2D eigenvalue weighted by Gasteiger charge is 2.46. The summed E-state index contributed by atoms with van der Waals surface area (Å²) >= 11 is 0. The fourth-order valence-corrected chi connectivity index (χ4v) is 6.79.